The summed E-state index contributed by atoms with van der Waals surface area (Å²) in [5.74, 6) is 4.08. The van der Waals surface area contributed by atoms with E-state index in [1.54, 1.807) is 7.11 Å². The van der Waals surface area contributed by atoms with Gasteiger partial charge in [-0.25, -0.2) is 0 Å². The quantitative estimate of drug-likeness (QED) is 0.876. The number of hydrogen-bond donors (Lipinski definition) is 1. The minimum atomic E-state index is 0.561. The van der Waals surface area contributed by atoms with Gasteiger partial charge in [0.05, 0.1) is 12.8 Å². The zero-order chi connectivity index (χ0) is 14.4. The van der Waals surface area contributed by atoms with Gasteiger partial charge in [-0.15, -0.1) is 0 Å². The summed E-state index contributed by atoms with van der Waals surface area (Å²) in [5.41, 5.74) is 0.984. The topological polar surface area (TPSA) is 42.8 Å². The molecule has 2 aliphatic carbocycles. The van der Waals surface area contributed by atoms with Crippen molar-refractivity contribution in [2.45, 2.75) is 31.6 Å². The summed E-state index contributed by atoms with van der Waals surface area (Å²) in [6.07, 6.45) is 5.39. The third kappa shape index (κ3) is 2.02. The third-order valence-electron chi connectivity index (χ3n) is 4.98. The highest BCUT2D eigenvalue weighted by molar-refractivity contribution is 7.71. The molecule has 4 rings (SSSR count). The highest BCUT2D eigenvalue weighted by atomic mass is 32.1. The lowest BCUT2D eigenvalue weighted by Crippen LogP contribution is -2.03. The first-order valence-electron chi connectivity index (χ1n) is 7.62. The summed E-state index contributed by atoms with van der Waals surface area (Å²) >= 11 is 5.46. The molecule has 1 heterocycles. The Kier molecular flexibility index (Phi) is 3.10. The van der Waals surface area contributed by atoms with Gasteiger partial charge in [0.25, 0.3) is 0 Å². The summed E-state index contributed by atoms with van der Waals surface area (Å²) in [6, 6.07) is 7.99. The smallest absolute Gasteiger partial charge is 0.200 e. The molecule has 0 aliphatic heterocycles. The highest BCUT2D eigenvalue weighted by Crippen LogP contribution is 2.61. The van der Waals surface area contributed by atoms with Gasteiger partial charge in [-0.1, -0.05) is 25.0 Å². The maximum atomic E-state index is 5.49. The highest BCUT2D eigenvalue weighted by Gasteiger charge is 2.53. The number of aromatic amines is 1. The van der Waals surface area contributed by atoms with Crippen molar-refractivity contribution in [1.82, 2.24) is 14.8 Å². The average molecular weight is 301 g/mol. The molecule has 5 heteroatoms. The Morgan fingerprint density at radius 1 is 1.24 bits per heavy atom. The van der Waals surface area contributed by atoms with Crippen LogP contribution in [0.4, 0.5) is 0 Å². The molecule has 2 aliphatic rings. The zero-order valence-corrected chi connectivity index (χ0v) is 12.9. The molecule has 1 N–H and O–H groups in total. The number of ether oxygens (including phenoxy) is 1. The number of H-pyrrole nitrogens is 1. The number of para-hydroxylation sites is 2. The van der Waals surface area contributed by atoms with Crippen molar-refractivity contribution in [2.75, 3.05) is 7.11 Å². The molecule has 0 amide bonds. The van der Waals surface area contributed by atoms with Crippen LogP contribution in [0.3, 0.4) is 0 Å². The number of benzene rings is 1. The first kappa shape index (κ1) is 13.1. The van der Waals surface area contributed by atoms with Gasteiger partial charge in [-0.3, -0.25) is 9.67 Å². The normalized spacial score (nSPS) is 27.2. The van der Waals surface area contributed by atoms with Crippen LogP contribution in [-0.2, 0) is 0 Å². The molecule has 0 bridgehead atoms. The molecule has 1 aromatic heterocycles. The van der Waals surface area contributed by atoms with E-state index >= 15 is 0 Å². The largest absolute Gasteiger partial charge is 0.495 e. The predicted molar refractivity (Wildman–Crippen MR) is 83.5 cm³/mol. The molecule has 2 saturated carbocycles. The maximum absolute atomic E-state index is 5.49. The molecule has 2 fully saturated rings. The van der Waals surface area contributed by atoms with Crippen LogP contribution >= 0.6 is 12.2 Å². The Morgan fingerprint density at radius 2 is 1.95 bits per heavy atom. The number of nitrogens with one attached hydrogen (secondary N) is 1. The van der Waals surface area contributed by atoms with E-state index in [1.165, 1.54) is 25.7 Å². The Bertz CT molecular complexity index is 708. The Labute approximate surface area is 129 Å². The van der Waals surface area contributed by atoms with Crippen LogP contribution in [0.25, 0.3) is 5.69 Å². The molecule has 0 spiro atoms. The van der Waals surface area contributed by atoms with Crippen LogP contribution in [-0.4, -0.2) is 21.9 Å². The van der Waals surface area contributed by atoms with Crippen molar-refractivity contribution in [3.05, 3.63) is 34.9 Å². The van der Waals surface area contributed by atoms with Crippen molar-refractivity contribution in [3.8, 4) is 11.4 Å². The molecule has 4 nitrogen and oxygen atoms in total. The minimum Gasteiger partial charge on any atom is -0.495 e. The zero-order valence-electron chi connectivity index (χ0n) is 12.1. The fourth-order valence-corrected chi connectivity index (χ4v) is 4.19. The predicted octanol–water partition coefficient (Wildman–Crippen LogP) is 3.84. The number of fused-ring (bicyclic) bond motifs is 1. The van der Waals surface area contributed by atoms with E-state index in [9.17, 15) is 0 Å². The summed E-state index contributed by atoms with van der Waals surface area (Å²) in [7, 11) is 1.69. The van der Waals surface area contributed by atoms with Crippen LogP contribution < -0.4 is 4.74 Å². The molecular formula is C16H19N3OS. The van der Waals surface area contributed by atoms with Gasteiger partial charge >= 0.3 is 0 Å². The van der Waals surface area contributed by atoms with E-state index in [4.69, 9.17) is 17.0 Å². The van der Waals surface area contributed by atoms with E-state index in [-0.39, 0.29) is 0 Å². The minimum absolute atomic E-state index is 0.561. The average Bonchev–Trinajstić information content (AvgIpc) is 3.14. The molecule has 0 saturated heterocycles. The van der Waals surface area contributed by atoms with E-state index in [0.717, 1.165) is 29.1 Å². The number of methoxy groups -OCH3 is 1. The van der Waals surface area contributed by atoms with Gasteiger partial charge in [0.2, 0.25) is 0 Å². The van der Waals surface area contributed by atoms with E-state index in [2.05, 4.69) is 14.8 Å². The summed E-state index contributed by atoms with van der Waals surface area (Å²) < 4.78 is 8.21. The Balaban J connectivity index is 1.80. The monoisotopic (exact) mass is 301 g/mol. The molecule has 2 unspecified atom stereocenters. The van der Waals surface area contributed by atoms with Gasteiger partial charge in [-0.2, -0.15) is 5.10 Å². The summed E-state index contributed by atoms with van der Waals surface area (Å²) in [4.78, 5) is 0. The summed E-state index contributed by atoms with van der Waals surface area (Å²) in [6.45, 7) is 0. The molecular weight excluding hydrogens is 282 g/mol. The van der Waals surface area contributed by atoms with Crippen LogP contribution in [0.5, 0.6) is 5.75 Å². The lowest BCUT2D eigenvalue weighted by atomic mass is 10.0. The number of rotatable bonds is 3. The van der Waals surface area contributed by atoms with Gasteiger partial charge in [0, 0.05) is 5.92 Å². The number of nitrogens with zero attached hydrogens (tertiary/aromatic N) is 2. The SMILES string of the molecule is COc1ccccc1-n1c(C2C3CCCCC32)n[nH]c1=S. The van der Waals surface area contributed by atoms with Crippen molar-refractivity contribution in [3.63, 3.8) is 0 Å². The van der Waals surface area contributed by atoms with Crippen molar-refractivity contribution >= 4 is 12.2 Å². The van der Waals surface area contributed by atoms with Gasteiger partial charge < -0.3 is 4.74 Å². The van der Waals surface area contributed by atoms with E-state index < -0.39 is 0 Å². The number of hydrogen-bond acceptors (Lipinski definition) is 3. The second-order valence-electron chi connectivity index (χ2n) is 6.03. The van der Waals surface area contributed by atoms with Crippen molar-refractivity contribution < 1.29 is 4.74 Å². The van der Waals surface area contributed by atoms with Crippen LogP contribution in [0.15, 0.2) is 24.3 Å². The Morgan fingerprint density at radius 3 is 2.67 bits per heavy atom. The number of aromatic nitrogens is 3. The molecule has 2 aromatic rings. The van der Waals surface area contributed by atoms with Gasteiger partial charge in [0.15, 0.2) is 4.77 Å². The van der Waals surface area contributed by atoms with E-state index in [1.807, 2.05) is 24.3 Å². The second kappa shape index (κ2) is 4.98. The molecule has 21 heavy (non-hydrogen) atoms. The first-order chi connectivity index (χ1) is 10.3. The summed E-state index contributed by atoms with van der Waals surface area (Å²) in [5, 5.41) is 7.52. The van der Waals surface area contributed by atoms with Gasteiger partial charge in [-0.05, 0) is 49.0 Å². The molecule has 0 radical (unpaired) electrons. The van der Waals surface area contributed by atoms with Gasteiger partial charge in [0.1, 0.15) is 11.6 Å². The lowest BCUT2D eigenvalue weighted by molar-refractivity contribution is 0.412. The first-order valence-corrected chi connectivity index (χ1v) is 8.03. The van der Waals surface area contributed by atoms with Crippen molar-refractivity contribution in [1.29, 1.82) is 0 Å². The Hall–Kier alpha value is -1.62. The standard InChI is InChI=1S/C16H19N3OS/c1-20-13-9-5-4-8-12(13)19-15(17-18-16(19)21)14-10-6-2-3-7-11(10)14/h4-5,8-11,14H,2-3,6-7H2,1H3,(H,18,21). The van der Waals surface area contributed by atoms with Crippen LogP contribution in [0.1, 0.15) is 37.4 Å². The fourth-order valence-electron chi connectivity index (χ4n) is 3.96. The van der Waals surface area contributed by atoms with Crippen LogP contribution in [0, 0.1) is 16.6 Å². The van der Waals surface area contributed by atoms with Crippen LogP contribution in [0.2, 0.25) is 0 Å². The molecule has 2 atom stereocenters. The third-order valence-corrected chi connectivity index (χ3v) is 5.25. The lowest BCUT2D eigenvalue weighted by Gasteiger charge is -2.11. The fraction of sp³-hybridized carbons (Fsp3) is 0.500. The maximum Gasteiger partial charge on any atom is 0.200 e. The second-order valence-corrected chi connectivity index (χ2v) is 6.42. The molecule has 1 aromatic carbocycles. The molecule has 110 valence electrons. The van der Waals surface area contributed by atoms with Crippen molar-refractivity contribution in [2.24, 2.45) is 11.8 Å². The van der Waals surface area contributed by atoms with E-state index in [0.29, 0.717) is 10.7 Å².